The Bertz CT molecular complexity index is 416. The summed E-state index contributed by atoms with van der Waals surface area (Å²) in [4.78, 5) is 16.4. The van der Waals surface area contributed by atoms with Crippen LogP contribution in [0.2, 0.25) is 0 Å². The molecule has 1 rings (SSSR count). The maximum atomic E-state index is 11.6. The fourth-order valence-corrected chi connectivity index (χ4v) is 1.58. The number of carbonyl (C=O) groups excluding carboxylic acids is 1. The number of likely N-dealkylation sites (N-methyl/N-ethyl adjacent to an activating group) is 1. The van der Waals surface area contributed by atoms with Crippen LogP contribution in [0.15, 0.2) is 18.2 Å². The molecule has 0 aromatic heterocycles. The Labute approximate surface area is 108 Å². The molecule has 1 aromatic carbocycles. The van der Waals surface area contributed by atoms with Crippen molar-refractivity contribution in [2.24, 2.45) is 0 Å². The first kappa shape index (κ1) is 14.5. The molecule has 0 aliphatic heterocycles. The van der Waals surface area contributed by atoms with Gasteiger partial charge in [-0.15, -0.1) is 0 Å². The lowest BCUT2D eigenvalue weighted by Gasteiger charge is -2.17. The molecule has 0 radical (unpaired) electrons. The number of nitrogens with zero attached hydrogens (tertiary/aromatic N) is 1. The van der Waals surface area contributed by atoms with Gasteiger partial charge in [-0.05, 0) is 30.0 Å². The minimum atomic E-state index is -0.214. The maximum Gasteiger partial charge on any atom is 0.283 e. The third-order valence-corrected chi connectivity index (χ3v) is 2.77. The van der Waals surface area contributed by atoms with Crippen LogP contribution in [0.3, 0.4) is 0 Å². The summed E-state index contributed by atoms with van der Waals surface area (Å²) in [6.45, 7) is 6.18. The first-order valence-corrected chi connectivity index (χ1v) is 5.99. The molecule has 0 unspecified atom stereocenters. The van der Waals surface area contributed by atoms with Crippen molar-refractivity contribution in [2.75, 3.05) is 20.8 Å². The van der Waals surface area contributed by atoms with Gasteiger partial charge in [0.15, 0.2) is 6.61 Å². The molecule has 0 bridgehead atoms. The molecule has 4 heteroatoms. The largest absolute Gasteiger partial charge is 0.483 e. The Balaban J connectivity index is 2.77. The van der Waals surface area contributed by atoms with Crippen molar-refractivity contribution in [3.63, 3.8) is 0 Å². The minimum absolute atomic E-state index is 0.0203. The summed E-state index contributed by atoms with van der Waals surface area (Å²) in [6.07, 6.45) is 0. The standard InChI is InChI=1S/C14H21NO3/c1-10(2)12-7-6-11(3)8-13(12)18-9-14(16)15(4)17-5/h6-8,10H,9H2,1-5H3. The second kappa shape index (κ2) is 6.40. The van der Waals surface area contributed by atoms with Crippen molar-refractivity contribution in [2.45, 2.75) is 26.7 Å². The van der Waals surface area contributed by atoms with E-state index in [1.54, 1.807) is 7.05 Å². The average Bonchev–Trinajstić information content (AvgIpc) is 2.34. The summed E-state index contributed by atoms with van der Waals surface area (Å²) in [5.41, 5.74) is 2.22. The van der Waals surface area contributed by atoms with Crippen molar-refractivity contribution in [3.8, 4) is 5.75 Å². The second-order valence-corrected chi connectivity index (χ2v) is 4.56. The summed E-state index contributed by atoms with van der Waals surface area (Å²) >= 11 is 0. The summed E-state index contributed by atoms with van der Waals surface area (Å²) in [6, 6.07) is 6.04. The van der Waals surface area contributed by atoms with Crippen LogP contribution < -0.4 is 4.74 Å². The molecule has 0 fully saturated rings. The highest BCUT2D eigenvalue weighted by Crippen LogP contribution is 2.27. The molecule has 0 N–H and O–H groups in total. The molecular formula is C14H21NO3. The van der Waals surface area contributed by atoms with Crippen LogP contribution in [0.25, 0.3) is 0 Å². The summed E-state index contributed by atoms with van der Waals surface area (Å²) in [7, 11) is 3.01. The third-order valence-electron chi connectivity index (χ3n) is 2.77. The van der Waals surface area contributed by atoms with Crippen LogP contribution >= 0.6 is 0 Å². The van der Waals surface area contributed by atoms with Gasteiger partial charge in [0.25, 0.3) is 5.91 Å². The zero-order valence-electron chi connectivity index (χ0n) is 11.7. The summed E-state index contributed by atoms with van der Waals surface area (Å²) in [5.74, 6) is 0.910. The molecular weight excluding hydrogens is 230 g/mol. The predicted molar refractivity (Wildman–Crippen MR) is 70.5 cm³/mol. The Morgan fingerprint density at radius 1 is 1.39 bits per heavy atom. The van der Waals surface area contributed by atoms with E-state index >= 15 is 0 Å². The fraction of sp³-hybridized carbons (Fsp3) is 0.500. The molecule has 0 spiro atoms. The molecule has 1 aromatic rings. The molecule has 0 aliphatic rings. The van der Waals surface area contributed by atoms with Crippen LogP contribution in [0.5, 0.6) is 5.75 Å². The molecule has 0 saturated carbocycles. The number of aryl methyl sites for hydroxylation is 1. The van der Waals surface area contributed by atoms with Crippen molar-refractivity contribution in [1.82, 2.24) is 5.06 Å². The molecule has 1 amide bonds. The van der Waals surface area contributed by atoms with Gasteiger partial charge in [0, 0.05) is 7.05 Å². The Kier molecular flexibility index (Phi) is 5.16. The van der Waals surface area contributed by atoms with Crippen LogP contribution in [-0.2, 0) is 9.63 Å². The van der Waals surface area contributed by atoms with Gasteiger partial charge in [0.05, 0.1) is 7.11 Å². The lowest BCUT2D eigenvalue weighted by atomic mass is 10.0. The monoisotopic (exact) mass is 251 g/mol. The second-order valence-electron chi connectivity index (χ2n) is 4.56. The Morgan fingerprint density at radius 3 is 2.61 bits per heavy atom. The van der Waals surface area contributed by atoms with E-state index in [1.165, 1.54) is 7.11 Å². The lowest BCUT2D eigenvalue weighted by Crippen LogP contribution is -2.30. The molecule has 0 aliphatic carbocycles. The van der Waals surface area contributed by atoms with Gasteiger partial charge < -0.3 is 4.74 Å². The van der Waals surface area contributed by atoms with Crippen molar-refractivity contribution in [3.05, 3.63) is 29.3 Å². The van der Waals surface area contributed by atoms with Crippen LogP contribution in [0.4, 0.5) is 0 Å². The highest BCUT2D eigenvalue weighted by atomic mass is 16.7. The van der Waals surface area contributed by atoms with E-state index in [9.17, 15) is 4.79 Å². The van der Waals surface area contributed by atoms with Gasteiger partial charge in [-0.1, -0.05) is 26.0 Å². The van der Waals surface area contributed by atoms with Crippen molar-refractivity contribution < 1.29 is 14.4 Å². The maximum absolute atomic E-state index is 11.6. The van der Waals surface area contributed by atoms with Gasteiger partial charge in [0.2, 0.25) is 0 Å². The summed E-state index contributed by atoms with van der Waals surface area (Å²) < 4.78 is 5.59. The normalized spacial score (nSPS) is 10.6. The molecule has 100 valence electrons. The van der Waals surface area contributed by atoms with Crippen molar-refractivity contribution in [1.29, 1.82) is 0 Å². The Hall–Kier alpha value is -1.55. The van der Waals surface area contributed by atoms with Crippen molar-refractivity contribution >= 4 is 5.91 Å². The Morgan fingerprint density at radius 2 is 2.06 bits per heavy atom. The number of hydroxylamine groups is 2. The van der Waals surface area contributed by atoms with Gasteiger partial charge >= 0.3 is 0 Å². The predicted octanol–water partition coefficient (Wildman–Crippen LogP) is 2.52. The number of benzene rings is 1. The van der Waals surface area contributed by atoms with E-state index in [0.717, 1.165) is 21.9 Å². The zero-order valence-corrected chi connectivity index (χ0v) is 11.7. The third kappa shape index (κ3) is 3.74. The summed E-state index contributed by atoms with van der Waals surface area (Å²) in [5, 5.41) is 1.16. The average molecular weight is 251 g/mol. The highest BCUT2D eigenvalue weighted by molar-refractivity contribution is 5.76. The molecule has 4 nitrogen and oxygen atoms in total. The highest BCUT2D eigenvalue weighted by Gasteiger charge is 2.12. The number of ether oxygens (including phenoxy) is 1. The first-order valence-electron chi connectivity index (χ1n) is 5.99. The molecule has 18 heavy (non-hydrogen) atoms. The number of carbonyl (C=O) groups is 1. The van der Waals surface area contributed by atoms with Gasteiger partial charge in [-0.25, -0.2) is 5.06 Å². The van der Waals surface area contributed by atoms with Gasteiger partial charge in [-0.3, -0.25) is 9.63 Å². The molecule has 0 saturated heterocycles. The minimum Gasteiger partial charge on any atom is -0.483 e. The van der Waals surface area contributed by atoms with Crippen LogP contribution in [0, 0.1) is 6.92 Å². The van der Waals surface area contributed by atoms with Crippen LogP contribution in [-0.4, -0.2) is 31.7 Å². The fourth-order valence-electron chi connectivity index (χ4n) is 1.58. The van der Waals surface area contributed by atoms with E-state index < -0.39 is 0 Å². The molecule has 0 heterocycles. The number of amides is 1. The number of hydrogen-bond donors (Lipinski definition) is 0. The first-order chi connectivity index (χ1) is 8.45. The van der Waals surface area contributed by atoms with E-state index in [2.05, 4.69) is 13.8 Å². The van der Waals surface area contributed by atoms with Gasteiger partial charge in [-0.2, -0.15) is 0 Å². The van der Waals surface area contributed by atoms with E-state index in [1.807, 2.05) is 25.1 Å². The van der Waals surface area contributed by atoms with Gasteiger partial charge in [0.1, 0.15) is 5.75 Å². The number of rotatable bonds is 5. The van der Waals surface area contributed by atoms with E-state index in [-0.39, 0.29) is 12.5 Å². The van der Waals surface area contributed by atoms with Crippen LogP contribution in [0.1, 0.15) is 30.9 Å². The zero-order chi connectivity index (χ0) is 13.7. The smallest absolute Gasteiger partial charge is 0.283 e. The lowest BCUT2D eigenvalue weighted by molar-refractivity contribution is -0.170. The van der Waals surface area contributed by atoms with E-state index in [4.69, 9.17) is 9.57 Å². The topological polar surface area (TPSA) is 38.8 Å². The molecule has 0 atom stereocenters. The SMILES string of the molecule is CON(C)C(=O)COc1cc(C)ccc1C(C)C. The van der Waals surface area contributed by atoms with E-state index in [0.29, 0.717) is 5.92 Å². The number of hydrogen-bond acceptors (Lipinski definition) is 3. The quantitative estimate of drug-likeness (QED) is 0.755.